The van der Waals surface area contributed by atoms with Crippen molar-refractivity contribution in [3.05, 3.63) is 59.7 Å². The Hall–Kier alpha value is -3.22. The Morgan fingerprint density at radius 3 is 2.38 bits per heavy atom. The summed E-state index contributed by atoms with van der Waals surface area (Å²) >= 11 is 0. The molecule has 2 atom stereocenters. The molecule has 1 heterocycles. The van der Waals surface area contributed by atoms with E-state index in [0.717, 1.165) is 11.1 Å². The third-order valence-electron chi connectivity index (χ3n) is 5.11. The highest BCUT2D eigenvalue weighted by atomic mass is 16.5. The highest BCUT2D eigenvalue weighted by molar-refractivity contribution is 5.77. The first-order valence-electron chi connectivity index (χ1n) is 9.32. The van der Waals surface area contributed by atoms with Crippen LogP contribution in [0.25, 0.3) is 0 Å². The number of esters is 1. The van der Waals surface area contributed by atoms with Gasteiger partial charge in [-0.2, -0.15) is 0 Å². The molecule has 2 aromatic carbocycles. The minimum atomic E-state index is -0.477. The van der Waals surface area contributed by atoms with Crippen LogP contribution < -0.4 is 9.47 Å². The minimum absolute atomic E-state index is 0.230. The Morgan fingerprint density at radius 1 is 0.966 bits per heavy atom. The van der Waals surface area contributed by atoms with E-state index in [1.807, 2.05) is 48.5 Å². The molecule has 0 bridgehead atoms. The summed E-state index contributed by atoms with van der Waals surface area (Å²) in [6, 6.07) is 15.4. The van der Waals surface area contributed by atoms with Gasteiger partial charge in [0.15, 0.2) is 11.5 Å². The topological polar surface area (TPSA) is 74.3 Å². The van der Waals surface area contributed by atoms with Crippen molar-refractivity contribution in [1.29, 1.82) is 0 Å². The second-order valence-corrected chi connectivity index (χ2v) is 6.80. The van der Waals surface area contributed by atoms with E-state index in [4.69, 9.17) is 18.9 Å². The average molecular weight is 399 g/mol. The van der Waals surface area contributed by atoms with Gasteiger partial charge in [0, 0.05) is 19.0 Å². The Bertz CT molecular complexity index is 854. The molecule has 0 aromatic heterocycles. The fourth-order valence-electron chi connectivity index (χ4n) is 3.58. The smallest absolute Gasteiger partial charge is 0.409 e. The number of ether oxygens (including phenoxy) is 4. The fourth-order valence-corrected chi connectivity index (χ4v) is 3.58. The van der Waals surface area contributed by atoms with Crippen molar-refractivity contribution in [2.75, 3.05) is 34.4 Å². The molecule has 0 aliphatic carbocycles. The van der Waals surface area contributed by atoms with Gasteiger partial charge in [-0.3, -0.25) is 4.79 Å². The van der Waals surface area contributed by atoms with E-state index >= 15 is 0 Å². The van der Waals surface area contributed by atoms with Gasteiger partial charge in [-0.25, -0.2) is 4.79 Å². The summed E-state index contributed by atoms with van der Waals surface area (Å²) in [5.74, 6) is 0.112. The van der Waals surface area contributed by atoms with Crippen LogP contribution in [-0.2, 0) is 20.9 Å². The number of rotatable bonds is 6. The first-order chi connectivity index (χ1) is 14.1. The van der Waals surface area contributed by atoms with E-state index in [-0.39, 0.29) is 18.4 Å². The molecule has 0 spiro atoms. The molecule has 3 rings (SSSR count). The van der Waals surface area contributed by atoms with E-state index in [0.29, 0.717) is 24.7 Å². The van der Waals surface area contributed by atoms with Crippen molar-refractivity contribution in [3.63, 3.8) is 0 Å². The molecule has 1 aliphatic heterocycles. The molecular weight excluding hydrogens is 374 g/mol. The van der Waals surface area contributed by atoms with E-state index in [9.17, 15) is 9.59 Å². The number of nitrogens with zero attached hydrogens (tertiary/aromatic N) is 1. The minimum Gasteiger partial charge on any atom is -0.493 e. The Labute approximate surface area is 170 Å². The van der Waals surface area contributed by atoms with Crippen LogP contribution in [0.5, 0.6) is 11.5 Å². The largest absolute Gasteiger partial charge is 0.493 e. The Morgan fingerprint density at radius 2 is 1.72 bits per heavy atom. The van der Waals surface area contributed by atoms with Crippen molar-refractivity contribution in [1.82, 2.24) is 4.90 Å². The number of likely N-dealkylation sites (tertiary alicyclic amines) is 1. The molecule has 29 heavy (non-hydrogen) atoms. The molecule has 7 nitrogen and oxygen atoms in total. The average Bonchev–Trinajstić information content (AvgIpc) is 3.22. The van der Waals surface area contributed by atoms with E-state index in [1.54, 1.807) is 7.11 Å². The maximum absolute atomic E-state index is 12.3. The lowest BCUT2D eigenvalue weighted by Crippen LogP contribution is -2.29. The van der Waals surface area contributed by atoms with Gasteiger partial charge in [0.25, 0.3) is 0 Å². The van der Waals surface area contributed by atoms with Gasteiger partial charge in [0.05, 0.1) is 27.2 Å². The zero-order valence-corrected chi connectivity index (χ0v) is 16.8. The summed E-state index contributed by atoms with van der Waals surface area (Å²) in [4.78, 5) is 25.8. The zero-order valence-electron chi connectivity index (χ0n) is 16.8. The predicted molar refractivity (Wildman–Crippen MR) is 106 cm³/mol. The normalized spacial score (nSPS) is 18.2. The first-order valence-corrected chi connectivity index (χ1v) is 9.32. The Kier molecular flexibility index (Phi) is 6.59. The summed E-state index contributed by atoms with van der Waals surface area (Å²) in [6.07, 6.45) is -0.463. The predicted octanol–water partition coefficient (Wildman–Crippen LogP) is 3.23. The lowest BCUT2D eigenvalue weighted by molar-refractivity contribution is -0.145. The number of hydrogen-bond donors (Lipinski definition) is 0. The van der Waals surface area contributed by atoms with Crippen LogP contribution in [0, 0.1) is 5.92 Å². The molecule has 0 unspecified atom stereocenters. The van der Waals surface area contributed by atoms with Gasteiger partial charge < -0.3 is 23.8 Å². The lowest BCUT2D eigenvalue weighted by Gasteiger charge is -2.19. The van der Waals surface area contributed by atoms with Crippen molar-refractivity contribution in [2.45, 2.75) is 12.5 Å². The van der Waals surface area contributed by atoms with Gasteiger partial charge in [-0.15, -0.1) is 0 Å². The highest BCUT2D eigenvalue weighted by Gasteiger charge is 2.41. The second kappa shape index (κ2) is 9.32. The second-order valence-electron chi connectivity index (χ2n) is 6.80. The molecule has 2 aromatic rings. The molecule has 1 amide bonds. The fraction of sp³-hybridized carbons (Fsp3) is 0.364. The maximum Gasteiger partial charge on any atom is 0.409 e. The summed E-state index contributed by atoms with van der Waals surface area (Å²) in [6.45, 7) is 0.993. The Balaban J connectivity index is 1.86. The molecule has 0 saturated carbocycles. The third-order valence-corrected chi connectivity index (χ3v) is 5.11. The number of hydrogen-bond acceptors (Lipinski definition) is 6. The molecular formula is C22H25NO6. The number of methoxy groups -OCH3 is 3. The molecule has 154 valence electrons. The van der Waals surface area contributed by atoms with Crippen LogP contribution >= 0.6 is 0 Å². The summed E-state index contributed by atoms with van der Waals surface area (Å²) in [5, 5.41) is 0. The molecule has 0 radical (unpaired) electrons. The number of carbonyl (C=O) groups is 2. The van der Waals surface area contributed by atoms with Gasteiger partial charge >= 0.3 is 12.1 Å². The number of benzene rings is 2. The van der Waals surface area contributed by atoms with E-state index in [1.165, 1.54) is 19.1 Å². The van der Waals surface area contributed by atoms with E-state index in [2.05, 4.69) is 0 Å². The van der Waals surface area contributed by atoms with Crippen LogP contribution in [0.4, 0.5) is 4.79 Å². The quantitative estimate of drug-likeness (QED) is 0.695. The molecule has 0 N–H and O–H groups in total. The standard InChI is InChI=1S/C22H25NO6/c1-26-19-10-9-16(11-20(19)29-14-15-7-5-4-6-8-15)17-12-23(22(25)28-3)13-18(17)21(24)27-2/h4-11,17-18H,12-14H2,1-3H3/t17-,18+/m1/s1. The van der Waals surface area contributed by atoms with E-state index < -0.39 is 12.0 Å². The first kappa shape index (κ1) is 20.5. The van der Waals surface area contributed by atoms with Crippen LogP contribution in [0.1, 0.15) is 17.0 Å². The van der Waals surface area contributed by atoms with Gasteiger partial charge in [-0.1, -0.05) is 36.4 Å². The zero-order chi connectivity index (χ0) is 20.8. The lowest BCUT2D eigenvalue weighted by atomic mass is 9.89. The molecule has 1 saturated heterocycles. The van der Waals surface area contributed by atoms with Crippen molar-refractivity contribution in [2.24, 2.45) is 5.92 Å². The summed E-state index contributed by atoms with van der Waals surface area (Å²) in [7, 11) is 4.25. The number of amides is 1. The summed E-state index contributed by atoms with van der Waals surface area (Å²) < 4.78 is 21.2. The van der Waals surface area contributed by atoms with Gasteiger partial charge in [0.2, 0.25) is 0 Å². The van der Waals surface area contributed by atoms with Crippen LogP contribution in [0.2, 0.25) is 0 Å². The van der Waals surface area contributed by atoms with Gasteiger partial charge in [0.1, 0.15) is 6.61 Å². The van der Waals surface area contributed by atoms with Crippen molar-refractivity contribution in [3.8, 4) is 11.5 Å². The molecule has 7 heteroatoms. The SMILES string of the molecule is COC(=O)[C@H]1CN(C(=O)OC)C[C@@H]1c1ccc(OC)c(OCc2ccccc2)c1. The van der Waals surface area contributed by atoms with Crippen molar-refractivity contribution < 1.29 is 28.5 Å². The van der Waals surface area contributed by atoms with Crippen molar-refractivity contribution >= 4 is 12.1 Å². The van der Waals surface area contributed by atoms with Crippen LogP contribution in [0.3, 0.4) is 0 Å². The monoisotopic (exact) mass is 399 g/mol. The maximum atomic E-state index is 12.3. The van der Waals surface area contributed by atoms with Gasteiger partial charge in [-0.05, 0) is 23.3 Å². The third kappa shape index (κ3) is 4.62. The van der Waals surface area contributed by atoms with Crippen LogP contribution in [0.15, 0.2) is 48.5 Å². The van der Waals surface area contributed by atoms with Crippen LogP contribution in [-0.4, -0.2) is 51.4 Å². The summed E-state index contributed by atoms with van der Waals surface area (Å²) in [5.41, 5.74) is 1.90. The number of carbonyl (C=O) groups excluding carboxylic acids is 2. The molecule has 1 aliphatic rings. The highest BCUT2D eigenvalue weighted by Crippen LogP contribution is 2.38. The molecule has 1 fully saturated rings.